The Morgan fingerprint density at radius 1 is 0.432 bits per heavy atom. The van der Waals surface area contributed by atoms with E-state index < -0.39 is 0 Å². The number of fused-ring (bicyclic) bond motifs is 2. The van der Waals surface area contributed by atoms with Crippen molar-refractivity contribution in [2.24, 2.45) is 0 Å². The zero-order chi connectivity index (χ0) is 30.2. The van der Waals surface area contributed by atoms with Gasteiger partial charge in [0, 0.05) is 12.1 Å². The van der Waals surface area contributed by atoms with Crippen molar-refractivity contribution in [3.05, 3.63) is 122 Å². The van der Waals surface area contributed by atoms with Crippen molar-refractivity contribution in [2.45, 2.75) is 0 Å². The Bertz CT molecular complexity index is 1850. The lowest BCUT2D eigenvalue weighted by Crippen LogP contribution is -2.31. The fraction of sp³-hybridized carbons (Fsp3) is 0.111. The molecule has 2 heterocycles. The molecule has 0 spiro atoms. The van der Waals surface area contributed by atoms with E-state index in [0.29, 0.717) is 0 Å². The molecule has 5 aromatic carbocycles. The smallest absolute Gasteiger partial charge is 0.255 e. The minimum atomic E-state index is 0.765. The zero-order valence-corrected chi connectivity index (χ0v) is 25.0. The molecule has 0 aliphatic rings. The summed E-state index contributed by atoms with van der Waals surface area (Å²) in [4.78, 5) is 0. The molecule has 0 amide bonds. The number of ether oxygens (including phenoxy) is 4. The molecule has 218 valence electrons. The summed E-state index contributed by atoms with van der Waals surface area (Å²) in [7, 11) is 6.78. The van der Waals surface area contributed by atoms with Crippen molar-refractivity contribution in [2.75, 3.05) is 28.4 Å². The Morgan fingerprint density at radius 3 is 1.20 bits per heavy atom. The number of para-hydroxylation sites is 8. The summed E-state index contributed by atoms with van der Waals surface area (Å²) in [6.07, 6.45) is 4.17. The molecule has 0 aliphatic heterocycles. The summed E-state index contributed by atoms with van der Waals surface area (Å²) in [6.45, 7) is 0. The van der Waals surface area contributed by atoms with E-state index in [0.717, 1.165) is 67.8 Å². The highest BCUT2D eigenvalue weighted by Crippen LogP contribution is 2.33. The lowest BCUT2D eigenvalue weighted by Gasteiger charge is -2.05. The minimum absolute atomic E-state index is 0.765. The molecule has 0 atom stereocenters. The van der Waals surface area contributed by atoms with Crippen molar-refractivity contribution in [3.63, 3.8) is 0 Å². The van der Waals surface area contributed by atoms with Gasteiger partial charge in [-0.05, 0) is 48.5 Å². The summed E-state index contributed by atoms with van der Waals surface area (Å²) in [5.74, 6) is 3.06. The topological polar surface area (TPSA) is 54.5 Å². The molecule has 0 unspecified atom stereocenters. The van der Waals surface area contributed by atoms with Crippen LogP contribution in [0.3, 0.4) is 0 Å². The van der Waals surface area contributed by atoms with E-state index >= 15 is 0 Å². The van der Waals surface area contributed by atoms with Crippen LogP contribution in [-0.2, 0) is 0 Å². The second-order valence-corrected chi connectivity index (χ2v) is 10.2. The van der Waals surface area contributed by atoms with Gasteiger partial charge >= 0.3 is 0 Å². The first kappa shape index (κ1) is 27.1. The van der Waals surface area contributed by atoms with Gasteiger partial charge in [0.2, 0.25) is 0 Å². The second-order valence-electron chi connectivity index (χ2n) is 10.2. The van der Waals surface area contributed by atoms with Gasteiger partial charge in [-0.2, -0.15) is 18.3 Å². The number of hydrogen-bond acceptors (Lipinski definition) is 4. The van der Waals surface area contributed by atoms with Gasteiger partial charge in [-0.1, -0.05) is 48.5 Å². The normalized spacial score (nSPS) is 11.2. The fourth-order valence-electron chi connectivity index (χ4n) is 5.89. The third kappa shape index (κ3) is 4.31. The first-order valence-electron chi connectivity index (χ1n) is 14.2. The molecule has 8 heteroatoms. The number of benzene rings is 5. The summed E-state index contributed by atoms with van der Waals surface area (Å²) in [5.41, 5.74) is 7.59. The molecule has 7 rings (SSSR count). The average molecular weight is 585 g/mol. The van der Waals surface area contributed by atoms with Gasteiger partial charge < -0.3 is 18.9 Å². The molecule has 0 saturated heterocycles. The SMILES string of the molecule is COc1ccccc1-n1c[n+](-c2ccccc2OC)c2cc3c(cc21)n(-c1ccccc1OC)c[n+]3-c1ccccc1OC. The summed E-state index contributed by atoms with van der Waals surface area (Å²) < 4.78 is 31.9. The molecule has 2 aromatic heterocycles. The van der Waals surface area contributed by atoms with Gasteiger partial charge in [-0.15, -0.1) is 0 Å². The van der Waals surface area contributed by atoms with Crippen molar-refractivity contribution >= 4 is 22.1 Å². The number of methoxy groups -OCH3 is 4. The number of hydrogen-bond donors (Lipinski definition) is 0. The number of aromatic nitrogens is 4. The Hall–Kier alpha value is -5.76. The molecule has 44 heavy (non-hydrogen) atoms. The maximum absolute atomic E-state index is 5.81. The minimum Gasteiger partial charge on any atom is -0.492 e. The van der Waals surface area contributed by atoms with Gasteiger partial charge in [-0.25, -0.2) is 0 Å². The van der Waals surface area contributed by atoms with Crippen LogP contribution in [0.25, 0.3) is 44.8 Å². The molecular weight excluding hydrogens is 552 g/mol. The van der Waals surface area contributed by atoms with Crippen LogP contribution in [0.2, 0.25) is 0 Å². The Balaban J connectivity index is 1.64. The van der Waals surface area contributed by atoms with Crippen LogP contribution in [-0.4, -0.2) is 37.6 Å². The van der Waals surface area contributed by atoms with Crippen LogP contribution >= 0.6 is 0 Å². The van der Waals surface area contributed by atoms with Gasteiger partial charge in [0.05, 0.1) is 28.4 Å². The first-order valence-corrected chi connectivity index (χ1v) is 14.2. The van der Waals surface area contributed by atoms with Crippen molar-refractivity contribution < 1.29 is 28.1 Å². The van der Waals surface area contributed by atoms with Crippen LogP contribution in [0.1, 0.15) is 0 Å². The van der Waals surface area contributed by atoms with E-state index in [1.807, 2.05) is 72.8 Å². The maximum Gasteiger partial charge on any atom is 0.255 e. The number of rotatable bonds is 8. The van der Waals surface area contributed by atoms with E-state index in [1.165, 1.54) is 0 Å². The maximum atomic E-state index is 5.81. The summed E-state index contributed by atoms with van der Waals surface area (Å²) in [5, 5.41) is 0. The third-order valence-corrected chi connectivity index (χ3v) is 7.95. The van der Waals surface area contributed by atoms with E-state index in [2.05, 4.69) is 67.3 Å². The van der Waals surface area contributed by atoms with Crippen LogP contribution < -0.4 is 28.1 Å². The van der Waals surface area contributed by atoms with Gasteiger partial charge in [0.25, 0.3) is 12.7 Å². The second kappa shape index (κ2) is 11.1. The molecule has 0 N–H and O–H groups in total. The van der Waals surface area contributed by atoms with Crippen LogP contribution in [0, 0.1) is 0 Å². The molecule has 0 bridgehead atoms. The van der Waals surface area contributed by atoms with Crippen LogP contribution in [0.4, 0.5) is 0 Å². The molecular formula is C36H32N4O4+2. The predicted molar refractivity (Wildman–Crippen MR) is 169 cm³/mol. The molecule has 0 aliphatic carbocycles. The van der Waals surface area contributed by atoms with Gasteiger partial charge in [0.15, 0.2) is 67.8 Å². The zero-order valence-electron chi connectivity index (χ0n) is 25.0. The molecule has 0 radical (unpaired) electrons. The molecule has 0 fully saturated rings. The predicted octanol–water partition coefficient (Wildman–Crippen LogP) is 6.16. The van der Waals surface area contributed by atoms with Crippen molar-refractivity contribution in [1.82, 2.24) is 9.13 Å². The largest absolute Gasteiger partial charge is 0.492 e. The van der Waals surface area contributed by atoms with E-state index in [1.54, 1.807) is 28.4 Å². The van der Waals surface area contributed by atoms with Crippen molar-refractivity contribution in [3.8, 4) is 45.7 Å². The van der Waals surface area contributed by atoms with Crippen LogP contribution in [0.15, 0.2) is 122 Å². The van der Waals surface area contributed by atoms with Crippen molar-refractivity contribution in [1.29, 1.82) is 0 Å². The highest BCUT2D eigenvalue weighted by Gasteiger charge is 2.30. The monoisotopic (exact) mass is 584 g/mol. The third-order valence-electron chi connectivity index (χ3n) is 7.95. The number of nitrogens with zero attached hydrogens (tertiary/aromatic N) is 4. The van der Waals surface area contributed by atoms with E-state index in [-0.39, 0.29) is 0 Å². The Labute approximate surface area is 255 Å². The quantitative estimate of drug-likeness (QED) is 0.201. The van der Waals surface area contributed by atoms with Gasteiger partial charge in [-0.3, -0.25) is 0 Å². The lowest BCUT2D eigenvalue weighted by atomic mass is 10.2. The highest BCUT2D eigenvalue weighted by atomic mass is 16.5. The molecule has 7 aromatic rings. The van der Waals surface area contributed by atoms with E-state index in [9.17, 15) is 0 Å². The summed E-state index contributed by atoms with van der Waals surface area (Å²) >= 11 is 0. The number of imidazole rings is 2. The molecule has 8 nitrogen and oxygen atoms in total. The molecule has 0 saturated carbocycles. The highest BCUT2D eigenvalue weighted by molar-refractivity contribution is 5.91. The standard InChI is InChI=1S/C36H32N4O4/c1-41-33-17-9-5-13-25(33)37-23-38(26-14-6-10-18-34(26)42-2)30-22-32-31(21-29(30)37)39(27-15-7-11-19-35(27)43-3)24-40(32)28-16-8-12-20-36(28)44-4/h5-24H,1-4H3/q+2. The lowest BCUT2D eigenvalue weighted by molar-refractivity contribution is -0.572. The van der Waals surface area contributed by atoms with Gasteiger partial charge in [0.1, 0.15) is 0 Å². The Kier molecular flexibility index (Phi) is 6.86. The Morgan fingerprint density at radius 2 is 0.795 bits per heavy atom. The van der Waals surface area contributed by atoms with E-state index in [4.69, 9.17) is 18.9 Å². The van der Waals surface area contributed by atoms with Crippen LogP contribution in [0.5, 0.6) is 23.0 Å². The summed E-state index contributed by atoms with van der Waals surface area (Å²) in [6, 6.07) is 36.5. The fourth-order valence-corrected chi connectivity index (χ4v) is 5.89. The average Bonchev–Trinajstić information content (AvgIpc) is 3.65. The first-order chi connectivity index (χ1) is 21.7.